The summed E-state index contributed by atoms with van der Waals surface area (Å²) in [4.78, 5) is 37.8. The van der Waals surface area contributed by atoms with E-state index in [0.717, 1.165) is 15.5 Å². The second kappa shape index (κ2) is 7.92. The highest BCUT2D eigenvalue weighted by Gasteiger charge is 2.15. The molecule has 1 N–H and O–H groups in total. The largest absolute Gasteiger partial charge is 0.331 e. The number of nitrogens with zero attached hydrogens (tertiary/aromatic N) is 2. The Morgan fingerprint density at radius 1 is 1.04 bits per heavy atom. The Bertz CT molecular complexity index is 1110. The van der Waals surface area contributed by atoms with Crippen LogP contribution < -0.4 is 16.6 Å². The van der Waals surface area contributed by atoms with Crippen molar-refractivity contribution in [2.45, 2.75) is 33.4 Å². The first kappa shape index (κ1) is 19.1. The molecule has 1 aromatic heterocycles. The molecule has 3 aromatic rings. The van der Waals surface area contributed by atoms with Gasteiger partial charge < -0.3 is 5.32 Å². The number of rotatable bonds is 5. The van der Waals surface area contributed by atoms with Crippen LogP contribution in [0.1, 0.15) is 19.4 Å². The molecule has 0 aliphatic heterocycles. The average molecular weight is 430 g/mol. The highest BCUT2D eigenvalue weighted by Crippen LogP contribution is 2.16. The number of hydrogen-bond donors (Lipinski definition) is 1. The number of anilines is 1. The minimum absolute atomic E-state index is 0.174. The van der Waals surface area contributed by atoms with E-state index in [1.165, 1.54) is 10.1 Å². The molecule has 0 bridgehead atoms. The summed E-state index contributed by atoms with van der Waals surface area (Å²) in [6.45, 7) is 3.85. The van der Waals surface area contributed by atoms with E-state index in [9.17, 15) is 14.4 Å². The zero-order valence-electron chi connectivity index (χ0n) is 15.2. The third kappa shape index (κ3) is 3.88. The molecule has 6 nitrogen and oxygen atoms in total. The standard InChI is InChI=1S/C20H20BrN3O3/c1-3-13-5-8-15(9-6-13)22-18(25)12-24-17-10-7-14(21)11-16(17)19(26)23(4-2)20(24)27/h5-11H,3-4,12H2,1-2H3,(H,22,25). The van der Waals surface area contributed by atoms with Gasteiger partial charge in [-0.1, -0.05) is 35.0 Å². The SMILES string of the molecule is CCc1ccc(NC(=O)Cn2c(=O)n(CC)c(=O)c3cc(Br)ccc32)cc1. The van der Waals surface area contributed by atoms with E-state index in [1.807, 2.05) is 24.3 Å². The molecule has 2 aromatic carbocycles. The number of halogens is 1. The van der Waals surface area contributed by atoms with Crippen molar-refractivity contribution < 1.29 is 4.79 Å². The first-order valence-electron chi connectivity index (χ1n) is 8.76. The van der Waals surface area contributed by atoms with Crippen molar-refractivity contribution in [3.63, 3.8) is 0 Å². The van der Waals surface area contributed by atoms with Crippen molar-refractivity contribution in [2.24, 2.45) is 0 Å². The lowest BCUT2D eigenvalue weighted by molar-refractivity contribution is -0.116. The van der Waals surface area contributed by atoms with Gasteiger partial charge in [-0.3, -0.25) is 18.7 Å². The van der Waals surface area contributed by atoms with Gasteiger partial charge in [0.1, 0.15) is 6.54 Å². The fourth-order valence-electron chi connectivity index (χ4n) is 3.00. The van der Waals surface area contributed by atoms with Crippen LogP contribution >= 0.6 is 15.9 Å². The van der Waals surface area contributed by atoms with Gasteiger partial charge in [-0.25, -0.2) is 4.79 Å². The number of amides is 1. The van der Waals surface area contributed by atoms with Crippen molar-refractivity contribution in [1.82, 2.24) is 9.13 Å². The van der Waals surface area contributed by atoms with Gasteiger partial charge in [0.05, 0.1) is 10.9 Å². The minimum Gasteiger partial charge on any atom is -0.325 e. The first-order chi connectivity index (χ1) is 12.9. The van der Waals surface area contributed by atoms with Crippen molar-refractivity contribution in [3.05, 3.63) is 73.3 Å². The lowest BCUT2D eigenvalue weighted by atomic mass is 10.1. The predicted molar refractivity (Wildman–Crippen MR) is 110 cm³/mol. The smallest absolute Gasteiger partial charge is 0.325 e. The van der Waals surface area contributed by atoms with E-state index in [2.05, 4.69) is 28.2 Å². The van der Waals surface area contributed by atoms with Crippen LogP contribution in [-0.2, 0) is 24.3 Å². The summed E-state index contributed by atoms with van der Waals surface area (Å²) in [6.07, 6.45) is 0.920. The molecule has 3 rings (SSSR count). The molecule has 1 amide bonds. The normalized spacial score (nSPS) is 10.9. The molecule has 0 radical (unpaired) electrons. The number of hydrogen-bond acceptors (Lipinski definition) is 3. The molecule has 0 spiro atoms. The Morgan fingerprint density at radius 3 is 2.37 bits per heavy atom. The van der Waals surface area contributed by atoms with Crippen LogP contribution in [0.15, 0.2) is 56.5 Å². The topological polar surface area (TPSA) is 73.1 Å². The third-order valence-electron chi connectivity index (χ3n) is 4.45. The summed E-state index contributed by atoms with van der Waals surface area (Å²) in [6, 6.07) is 12.7. The number of benzene rings is 2. The van der Waals surface area contributed by atoms with Crippen LogP contribution in [0.25, 0.3) is 10.9 Å². The van der Waals surface area contributed by atoms with E-state index < -0.39 is 5.69 Å². The number of carbonyl (C=O) groups is 1. The number of aryl methyl sites for hydroxylation is 1. The van der Waals surface area contributed by atoms with Gasteiger partial charge in [0.2, 0.25) is 5.91 Å². The van der Waals surface area contributed by atoms with Crippen LogP contribution in [-0.4, -0.2) is 15.0 Å². The molecule has 0 fully saturated rings. The molecule has 140 valence electrons. The van der Waals surface area contributed by atoms with E-state index in [4.69, 9.17) is 0 Å². The Morgan fingerprint density at radius 2 is 1.74 bits per heavy atom. The second-order valence-corrected chi connectivity index (χ2v) is 7.09. The van der Waals surface area contributed by atoms with Gasteiger partial charge in [0.15, 0.2) is 0 Å². The summed E-state index contributed by atoms with van der Waals surface area (Å²) < 4.78 is 3.21. The van der Waals surface area contributed by atoms with E-state index in [-0.39, 0.29) is 24.6 Å². The molecule has 0 saturated carbocycles. The Hall–Kier alpha value is -2.67. The van der Waals surface area contributed by atoms with Crippen molar-refractivity contribution in [1.29, 1.82) is 0 Å². The first-order valence-corrected chi connectivity index (χ1v) is 9.55. The highest BCUT2D eigenvalue weighted by atomic mass is 79.9. The fourth-order valence-corrected chi connectivity index (χ4v) is 3.36. The quantitative estimate of drug-likeness (QED) is 0.676. The van der Waals surface area contributed by atoms with Crippen molar-refractivity contribution >= 4 is 38.4 Å². The molecule has 0 saturated heterocycles. The molecular weight excluding hydrogens is 410 g/mol. The van der Waals surface area contributed by atoms with E-state index in [1.54, 1.807) is 25.1 Å². The molecule has 0 unspecified atom stereocenters. The number of carbonyl (C=O) groups excluding carboxylic acids is 1. The lowest BCUT2D eigenvalue weighted by Crippen LogP contribution is -2.41. The van der Waals surface area contributed by atoms with E-state index >= 15 is 0 Å². The molecule has 27 heavy (non-hydrogen) atoms. The van der Waals surface area contributed by atoms with Gasteiger partial charge in [-0.2, -0.15) is 0 Å². The summed E-state index contributed by atoms with van der Waals surface area (Å²) in [5.74, 6) is -0.327. The minimum atomic E-state index is -0.492. The number of nitrogens with one attached hydrogen (secondary N) is 1. The van der Waals surface area contributed by atoms with Crippen LogP contribution in [0.2, 0.25) is 0 Å². The highest BCUT2D eigenvalue weighted by molar-refractivity contribution is 9.10. The zero-order chi connectivity index (χ0) is 19.6. The average Bonchev–Trinajstić information content (AvgIpc) is 2.66. The van der Waals surface area contributed by atoms with Crippen LogP contribution in [0.4, 0.5) is 5.69 Å². The van der Waals surface area contributed by atoms with Gasteiger partial charge in [0.25, 0.3) is 5.56 Å². The maximum atomic E-state index is 12.7. The fraction of sp³-hybridized carbons (Fsp3) is 0.250. The summed E-state index contributed by atoms with van der Waals surface area (Å²) >= 11 is 3.35. The van der Waals surface area contributed by atoms with Crippen molar-refractivity contribution in [2.75, 3.05) is 5.32 Å². The lowest BCUT2D eigenvalue weighted by Gasteiger charge is -2.13. The van der Waals surface area contributed by atoms with Gasteiger partial charge in [0, 0.05) is 16.7 Å². The number of aromatic nitrogens is 2. The monoisotopic (exact) mass is 429 g/mol. The maximum Gasteiger partial charge on any atom is 0.331 e. The summed E-state index contributed by atoms with van der Waals surface area (Å²) in [5.41, 5.74) is 1.44. The summed E-state index contributed by atoms with van der Waals surface area (Å²) in [7, 11) is 0. The summed E-state index contributed by atoms with van der Waals surface area (Å²) in [5, 5.41) is 3.20. The molecule has 0 aliphatic carbocycles. The van der Waals surface area contributed by atoms with Gasteiger partial charge in [-0.15, -0.1) is 0 Å². The van der Waals surface area contributed by atoms with Gasteiger partial charge >= 0.3 is 5.69 Å². The second-order valence-electron chi connectivity index (χ2n) is 6.18. The van der Waals surface area contributed by atoms with Crippen LogP contribution in [0.3, 0.4) is 0 Å². The van der Waals surface area contributed by atoms with Gasteiger partial charge in [-0.05, 0) is 49.2 Å². The predicted octanol–water partition coefficient (Wildman–Crippen LogP) is 3.15. The zero-order valence-corrected chi connectivity index (χ0v) is 16.7. The van der Waals surface area contributed by atoms with Crippen molar-refractivity contribution in [3.8, 4) is 0 Å². The molecule has 7 heteroatoms. The van der Waals surface area contributed by atoms with Crippen LogP contribution in [0.5, 0.6) is 0 Å². The maximum absolute atomic E-state index is 12.7. The Labute approximate surface area is 164 Å². The Kier molecular flexibility index (Phi) is 5.60. The Balaban J connectivity index is 1.99. The van der Waals surface area contributed by atoms with E-state index in [0.29, 0.717) is 16.6 Å². The third-order valence-corrected chi connectivity index (χ3v) is 4.94. The molecule has 1 heterocycles. The molecular formula is C20H20BrN3O3. The van der Waals surface area contributed by atoms with Crippen LogP contribution in [0, 0.1) is 0 Å². The molecule has 0 aliphatic rings. The number of fused-ring (bicyclic) bond motifs is 1. The molecule has 0 atom stereocenters.